The summed E-state index contributed by atoms with van der Waals surface area (Å²) in [6, 6.07) is 0. The van der Waals surface area contributed by atoms with Crippen LogP contribution >= 0.6 is 24.8 Å². The van der Waals surface area contributed by atoms with Crippen LogP contribution < -0.4 is 22.1 Å². The summed E-state index contributed by atoms with van der Waals surface area (Å²) >= 11 is 0. The standard InChI is InChI=1S/C17H36N4O4.2ClH/c1-11(24-13(22)20-15(3,4)5)17(19,9-10-18)12(2)25-14(23)21-16(6,7)8;;/h11-12H,9-10,18-19H2,1-8H3,(H,20,22)(H,21,23);2*1H. The molecule has 0 aromatic carbocycles. The highest BCUT2D eigenvalue weighted by atomic mass is 35.5. The summed E-state index contributed by atoms with van der Waals surface area (Å²) in [6.07, 6.45) is -2.27. The summed E-state index contributed by atoms with van der Waals surface area (Å²) in [5.74, 6) is 0. The van der Waals surface area contributed by atoms with Crippen molar-refractivity contribution in [3.8, 4) is 0 Å². The zero-order valence-corrected chi connectivity index (χ0v) is 19.3. The Bertz CT molecular complexity index is 429. The second-order valence-corrected chi connectivity index (χ2v) is 8.50. The van der Waals surface area contributed by atoms with E-state index in [2.05, 4.69) is 10.6 Å². The average molecular weight is 433 g/mol. The molecule has 0 aromatic heterocycles. The number of halogens is 2. The summed E-state index contributed by atoms with van der Waals surface area (Å²) < 4.78 is 10.8. The van der Waals surface area contributed by atoms with Crippen molar-refractivity contribution in [3.05, 3.63) is 0 Å². The van der Waals surface area contributed by atoms with Crippen molar-refractivity contribution >= 4 is 37.0 Å². The van der Waals surface area contributed by atoms with E-state index in [0.717, 1.165) is 0 Å². The van der Waals surface area contributed by atoms with E-state index >= 15 is 0 Å². The third-order valence-corrected chi connectivity index (χ3v) is 3.61. The molecule has 0 radical (unpaired) electrons. The van der Waals surface area contributed by atoms with Crippen molar-refractivity contribution in [3.63, 3.8) is 0 Å². The first-order valence-corrected chi connectivity index (χ1v) is 8.57. The van der Waals surface area contributed by atoms with Crippen LogP contribution in [-0.2, 0) is 9.47 Å². The van der Waals surface area contributed by atoms with Crippen molar-refractivity contribution in [2.24, 2.45) is 11.5 Å². The number of carbonyl (C=O) groups excluding carboxylic acids is 2. The molecule has 0 aliphatic heterocycles. The van der Waals surface area contributed by atoms with Gasteiger partial charge in [-0.05, 0) is 68.4 Å². The van der Waals surface area contributed by atoms with Crippen LogP contribution in [0.2, 0.25) is 0 Å². The van der Waals surface area contributed by atoms with Crippen LogP contribution in [0.25, 0.3) is 0 Å². The van der Waals surface area contributed by atoms with Gasteiger partial charge in [-0.2, -0.15) is 0 Å². The summed E-state index contributed by atoms with van der Waals surface area (Å²) in [5.41, 5.74) is 10.1. The van der Waals surface area contributed by atoms with Gasteiger partial charge in [-0.3, -0.25) is 0 Å². The fourth-order valence-electron chi connectivity index (χ4n) is 2.20. The normalized spacial score (nSPS) is 15.8. The maximum absolute atomic E-state index is 12.0. The summed E-state index contributed by atoms with van der Waals surface area (Å²) in [4.78, 5) is 24.0. The van der Waals surface area contributed by atoms with Crippen LogP contribution in [0.5, 0.6) is 0 Å². The third-order valence-electron chi connectivity index (χ3n) is 3.61. The molecule has 8 nitrogen and oxygen atoms in total. The Morgan fingerprint density at radius 2 is 1.15 bits per heavy atom. The molecule has 0 aromatic rings. The Kier molecular flexibility index (Phi) is 13.4. The molecular weight excluding hydrogens is 395 g/mol. The molecule has 0 aliphatic rings. The first-order chi connectivity index (χ1) is 11.1. The molecule has 2 atom stereocenters. The highest BCUT2D eigenvalue weighted by molar-refractivity contribution is 5.85. The van der Waals surface area contributed by atoms with Crippen LogP contribution in [0, 0.1) is 0 Å². The smallest absolute Gasteiger partial charge is 0.407 e. The Labute approximate surface area is 175 Å². The number of rotatable bonds is 6. The predicted octanol–water partition coefficient (Wildman–Crippen LogP) is 2.70. The molecule has 0 bridgehead atoms. The maximum atomic E-state index is 12.0. The van der Waals surface area contributed by atoms with Gasteiger partial charge in [-0.1, -0.05) is 0 Å². The van der Waals surface area contributed by atoms with Gasteiger partial charge in [0.1, 0.15) is 12.2 Å². The van der Waals surface area contributed by atoms with Crippen LogP contribution in [0.3, 0.4) is 0 Å². The minimum Gasteiger partial charge on any atom is -0.444 e. The van der Waals surface area contributed by atoms with Gasteiger partial charge in [0.2, 0.25) is 0 Å². The fourth-order valence-corrected chi connectivity index (χ4v) is 2.20. The Balaban J connectivity index is -0.00000288. The number of ether oxygens (including phenoxy) is 2. The molecule has 0 fully saturated rings. The lowest BCUT2D eigenvalue weighted by Gasteiger charge is -2.39. The molecule has 0 heterocycles. The van der Waals surface area contributed by atoms with E-state index in [0.29, 0.717) is 6.42 Å². The third kappa shape index (κ3) is 12.2. The first kappa shape index (κ1) is 30.8. The molecule has 0 spiro atoms. The zero-order chi connectivity index (χ0) is 20.1. The molecule has 2 unspecified atom stereocenters. The van der Waals surface area contributed by atoms with Crippen molar-refractivity contribution in [2.75, 3.05) is 6.54 Å². The van der Waals surface area contributed by atoms with Gasteiger partial charge in [-0.25, -0.2) is 9.59 Å². The number of alkyl carbamates (subject to hydrolysis) is 2. The largest absolute Gasteiger partial charge is 0.444 e. The lowest BCUT2D eigenvalue weighted by Crippen LogP contribution is -2.62. The fraction of sp³-hybridized carbons (Fsp3) is 0.882. The van der Waals surface area contributed by atoms with Crippen LogP contribution in [0.15, 0.2) is 0 Å². The van der Waals surface area contributed by atoms with Gasteiger partial charge >= 0.3 is 12.2 Å². The van der Waals surface area contributed by atoms with Gasteiger partial charge in [0, 0.05) is 11.1 Å². The Morgan fingerprint density at radius 1 is 0.852 bits per heavy atom. The minimum atomic E-state index is -1.11. The van der Waals surface area contributed by atoms with Gasteiger partial charge in [0.15, 0.2) is 0 Å². The molecule has 27 heavy (non-hydrogen) atoms. The summed E-state index contributed by atoms with van der Waals surface area (Å²) in [7, 11) is 0. The monoisotopic (exact) mass is 432 g/mol. The molecule has 164 valence electrons. The number of carbonyl (C=O) groups is 2. The summed E-state index contributed by atoms with van der Waals surface area (Å²) in [6.45, 7) is 14.7. The Hall–Kier alpha value is -0.960. The van der Waals surface area contributed by atoms with E-state index in [1.165, 1.54) is 0 Å². The first-order valence-electron chi connectivity index (χ1n) is 8.57. The number of hydrogen-bond donors (Lipinski definition) is 4. The lowest BCUT2D eigenvalue weighted by molar-refractivity contribution is -0.0189. The van der Waals surface area contributed by atoms with E-state index in [4.69, 9.17) is 20.9 Å². The second-order valence-electron chi connectivity index (χ2n) is 8.50. The molecule has 2 amide bonds. The van der Waals surface area contributed by atoms with E-state index in [1.807, 2.05) is 41.5 Å². The number of nitrogens with two attached hydrogens (primary N) is 2. The van der Waals surface area contributed by atoms with E-state index < -0.39 is 41.0 Å². The lowest BCUT2D eigenvalue weighted by atomic mass is 9.85. The zero-order valence-electron chi connectivity index (χ0n) is 17.7. The molecule has 6 N–H and O–H groups in total. The van der Waals surface area contributed by atoms with Gasteiger partial charge in [-0.15, -0.1) is 24.8 Å². The Morgan fingerprint density at radius 3 is 1.37 bits per heavy atom. The van der Waals surface area contributed by atoms with Crippen LogP contribution in [0.1, 0.15) is 61.8 Å². The van der Waals surface area contributed by atoms with Gasteiger partial charge in [0.05, 0.1) is 5.54 Å². The molecule has 0 saturated carbocycles. The van der Waals surface area contributed by atoms with Crippen LogP contribution in [-0.4, -0.2) is 47.6 Å². The molecule has 0 aliphatic carbocycles. The SMILES string of the molecule is CC(OC(=O)NC(C)(C)C)C(N)(CCN)C(C)OC(=O)NC(C)(C)C.Cl.Cl. The highest BCUT2D eigenvalue weighted by Gasteiger charge is 2.42. The molecular formula is C17H38Cl2N4O4. The second kappa shape index (κ2) is 11.8. The maximum Gasteiger partial charge on any atom is 0.407 e. The minimum absolute atomic E-state index is 0. The molecule has 0 saturated heterocycles. The highest BCUT2D eigenvalue weighted by Crippen LogP contribution is 2.23. The summed E-state index contributed by atoms with van der Waals surface area (Å²) in [5, 5.41) is 5.41. The van der Waals surface area contributed by atoms with Gasteiger partial charge < -0.3 is 31.6 Å². The predicted molar refractivity (Wildman–Crippen MR) is 113 cm³/mol. The van der Waals surface area contributed by atoms with Crippen molar-refractivity contribution in [1.29, 1.82) is 0 Å². The molecule has 0 rings (SSSR count). The number of hydrogen-bond acceptors (Lipinski definition) is 6. The average Bonchev–Trinajstić information content (AvgIpc) is 2.33. The topological polar surface area (TPSA) is 129 Å². The van der Waals surface area contributed by atoms with Gasteiger partial charge in [0.25, 0.3) is 0 Å². The molecule has 10 heteroatoms. The van der Waals surface area contributed by atoms with E-state index in [9.17, 15) is 9.59 Å². The van der Waals surface area contributed by atoms with Crippen LogP contribution in [0.4, 0.5) is 9.59 Å². The van der Waals surface area contributed by atoms with E-state index in [1.54, 1.807) is 13.8 Å². The number of amides is 2. The van der Waals surface area contributed by atoms with Crippen molar-refractivity contribution in [2.45, 2.75) is 90.6 Å². The van der Waals surface area contributed by atoms with Crippen molar-refractivity contribution < 1.29 is 19.1 Å². The number of nitrogens with one attached hydrogen (secondary N) is 2. The van der Waals surface area contributed by atoms with E-state index in [-0.39, 0.29) is 31.4 Å². The quantitative estimate of drug-likeness (QED) is 0.510. The van der Waals surface area contributed by atoms with Crippen molar-refractivity contribution in [1.82, 2.24) is 10.6 Å².